The summed E-state index contributed by atoms with van der Waals surface area (Å²) in [6, 6.07) is 3.97. The lowest BCUT2D eigenvalue weighted by Crippen LogP contribution is -2.41. The normalized spacial score (nSPS) is 16.0. The molecule has 0 saturated carbocycles. The monoisotopic (exact) mass is 302 g/mol. The van der Waals surface area contributed by atoms with E-state index in [1.165, 1.54) is 22.2 Å². The van der Waals surface area contributed by atoms with Crippen molar-refractivity contribution in [3.8, 4) is 6.07 Å². The molecule has 7 heteroatoms. The first kappa shape index (κ1) is 13.8. The minimum absolute atomic E-state index is 0.00877. The number of thiophene rings is 1. The molecule has 21 heavy (non-hydrogen) atoms. The van der Waals surface area contributed by atoms with Gasteiger partial charge in [-0.15, -0.1) is 11.3 Å². The summed E-state index contributed by atoms with van der Waals surface area (Å²) in [6.45, 7) is 1.18. The second kappa shape index (κ2) is 5.66. The van der Waals surface area contributed by atoms with Crippen LogP contribution in [0, 0.1) is 17.2 Å². The van der Waals surface area contributed by atoms with Gasteiger partial charge >= 0.3 is 0 Å². The molecule has 0 aromatic carbocycles. The average molecular weight is 302 g/mol. The van der Waals surface area contributed by atoms with Crippen LogP contribution in [0.1, 0.15) is 12.8 Å². The maximum absolute atomic E-state index is 12.2. The molecule has 0 unspecified atom stereocenters. The molecule has 0 radical (unpaired) electrons. The second-order valence-electron chi connectivity index (χ2n) is 5.10. The van der Waals surface area contributed by atoms with E-state index < -0.39 is 0 Å². The van der Waals surface area contributed by atoms with Crippen molar-refractivity contribution in [2.45, 2.75) is 19.4 Å². The van der Waals surface area contributed by atoms with Crippen molar-refractivity contribution >= 4 is 27.5 Å². The van der Waals surface area contributed by atoms with Crippen LogP contribution in [-0.2, 0) is 11.3 Å². The lowest BCUT2D eigenvalue weighted by molar-refractivity contribution is -0.133. The van der Waals surface area contributed by atoms with Crippen molar-refractivity contribution in [2.24, 2.45) is 5.92 Å². The first-order valence-corrected chi connectivity index (χ1v) is 7.67. The predicted octanol–water partition coefficient (Wildman–Crippen LogP) is 1.22. The molecule has 1 saturated heterocycles. The minimum Gasteiger partial charge on any atom is -0.341 e. The number of nitrogens with zero attached hydrogens (tertiary/aromatic N) is 4. The van der Waals surface area contributed by atoms with Crippen LogP contribution in [0.2, 0.25) is 0 Å². The van der Waals surface area contributed by atoms with E-state index in [0.29, 0.717) is 36.1 Å². The van der Waals surface area contributed by atoms with E-state index in [-0.39, 0.29) is 23.9 Å². The molecule has 2 aromatic heterocycles. The van der Waals surface area contributed by atoms with E-state index in [1.807, 2.05) is 5.38 Å². The molecule has 108 valence electrons. The number of hydrogen-bond donors (Lipinski definition) is 0. The van der Waals surface area contributed by atoms with Crippen LogP contribution in [0.5, 0.6) is 0 Å². The zero-order chi connectivity index (χ0) is 14.8. The van der Waals surface area contributed by atoms with E-state index in [2.05, 4.69) is 11.1 Å². The van der Waals surface area contributed by atoms with E-state index >= 15 is 0 Å². The van der Waals surface area contributed by atoms with Crippen LogP contribution < -0.4 is 5.56 Å². The molecule has 0 atom stereocenters. The van der Waals surface area contributed by atoms with E-state index in [9.17, 15) is 9.59 Å². The van der Waals surface area contributed by atoms with Crippen LogP contribution >= 0.6 is 11.3 Å². The number of amides is 1. The molecule has 0 bridgehead atoms. The van der Waals surface area contributed by atoms with Gasteiger partial charge in [-0.2, -0.15) is 5.26 Å². The molecule has 6 nitrogen and oxygen atoms in total. The molecule has 0 aliphatic carbocycles. The zero-order valence-electron chi connectivity index (χ0n) is 11.4. The standard InChI is InChI=1S/C14H14N4O2S/c15-7-10-1-4-17(5-2-10)12(19)8-18-9-16-13-11(14(18)20)3-6-21-13/h3,6,9-10H,1-2,4-5,8H2. The Labute approximate surface area is 125 Å². The molecule has 1 aliphatic rings. The summed E-state index contributed by atoms with van der Waals surface area (Å²) >= 11 is 1.41. The lowest BCUT2D eigenvalue weighted by atomic mass is 9.99. The Morgan fingerprint density at radius 3 is 2.95 bits per heavy atom. The molecule has 1 fully saturated rings. The van der Waals surface area contributed by atoms with Gasteiger partial charge in [-0.25, -0.2) is 4.98 Å². The third-order valence-corrected chi connectivity index (χ3v) is 4.61. The second-order valence-corrected chi connectivity index (χ2v) is 6.00. The third-order valence-electron chi connectivity index (χ3n) is 3.79. The number of piperidine rings is 1. The number of aromatic nitrogens is 2. The molecule has 2 aromatic rings. The zero-order valence-corrected chi connectivity index (χ0v) is 12.2. The Balaban J connectivity index is 1.73. The van der Waals surface area contributed by atoms with Crippen LogP contribution in [0.25, 0.3) is 10.2 Å². The largest absolute Gasteiger partial charge is 0.341 e. The maximum atomic E-state index is 12.2. The fraction of sp³-hybridized carbons (Fsp3) is 0.429. The molecule has 0 spiro atoms. The number of carbonyl (C=O) groups excluding carboxylic acids is 1. The smallest absolute Gasteiger partial charge is 0.262 e. The number of likely N-dealkylation sites (tertiary alicyclic amines) is 1. The number of hydrogen-bond acceptors (Lipinski definition) is 5. The Morgan fingerprint density at radius 2 is 2.24 bits per heavy atom. The van der Waals surface area contributed by atoms with Gasteiger partial charge < -0.3 is 4.90 Å². The summed E-state index contributed by atoms with van der Waals surface area (Å²) in [6.07, 6.45) is 2.85. The van der Waals surface area contributed by atoms with Crippen molar-refractivity contribution in [1.29, 1.82) is 5.26 Å². The van der Waals surface area contributed by atoms with Crippen molar-refractivity contribution < 1.29 is 4.79 Å². The third kappa shape index (κ3) is 2.67. The molecular weight excluding hydrogens is 288 g/mol. The van der Waals surface area contributed by atoms with Crippen LogP contribution in [0.3, 0.4) is 0 Å². The summed E-state index contributed by atoms with van der Waals surface area (Å²) < 4.78 is 1.35. The summed E-state index contributed by atoms with van der Waals surface area (Å²) in [5.41, 5.74) is -0.179. The Bertz CT molecular complexity index is 765. The highest BCUT2D eigenvalue weighted by Crippen LogP contribution is 2.17. The highest BCUT2D eigenvalue weighted by molar-refractivity contribution is 7.16. The molecule has 1 aliphatic heterocycles. The van der Waals surface area contributed by atoms with Gasteiger partial charge in [0.1, 0.15) is 11.4 Å². The highest BCUT2D eigenvalue weighted by atomic mass is 32.1. The Kier molecular flexibility index (Phi) is 3.71. The van der Waals surface area contributed by atoms with Gasteiger partial charge in [0.05, 0.1) is 17.8 Å². The van der Waals surface area contributed by atoms with Crippen LogP contribution in [0.4, 0.5) is 0 Å². The fourth-order valence-electron chi connectivity index (χ4n) is 2.51. The lowest BCUT2D eigenvalue weighted by Gasteiger charge is -2.29. The van der Waals surface area contributed by atoms with Gasteiger partial charge in [0.25, 0.3) is 5.56 Å². The molecule has 3 heterocycles. The van der Waals surface area contributed by atoms with E-state index in [0.717, 1.165) is 0 Å². The van der Waals surface area contributed by atoms with Gasteiger partial charge in [0.15, 0.2) is 0 Å². The van der Waals surface area contributed by atoms with Crippen molar-refractivity contribution in [2.75, 3.05) is 13.1 Å². The molecule has 1 amide bonds. The number of nitriles is 1. The topological polar surface area (TPSA) is 79.0 Å². The summed E-state index contributed by atoms with van der Waals surface area (Å²) in [4.78, 5) is 31.1. The first-order valence-electron chi connectivity index (χ1n) is 6.79. The first-order chi connectivity index (χ1) is 10.2. The van der Waals surface area contributed by atoms with E-state index in [1.54, 1.807) is 11.0 Å². The van der Waals surface area contributed by atoms with Crippen molar-refractivity contribution in [3.05, 3.63) is 28.1 Å². The SMILES string of the molecule is N#CC1CCN(C(=O)Cn2cnc3sccc3c2=O)CC1. The van der Waals surface area contributed by atoms with Gasteiger partial charge in [0.2, 0.25) is 5.91 Å². The summed E-state index contributed by atoms with van der Waals surface area (Å²) in [7, 11) is 0. The number of rotatable bonds is 2. The van der Waals surface area contributed by atoms with Gasteiger partial charge in [-0.1, -0.05) is 0 Å². The molecular formula is C14H14N4O2S. The minimum atomic E-state index is -0.179. The van der Waals surface area contributed by atoms with Gasteiger partial charge in [-0.3, -0.25) is 14.2 Å². The molecule has 0 N–H and O–H groups in total. The quantitative estimate of drug-likeness (QED) is 0.835. The van der Waals surface area contributed by atoms with Crippen LogP contribution in [0.15, 0.2) is 22.6 Å². The number of carbonyl (C=O) groups is 1. The van der Waals surface area contributed by atoms with Gasteiger partial charge in [-0.05, 0) is 24.3 Å². The van der Waals surface area contributed by atoms with Crippen molar-refractivity contribution in [1.82, 2.24) is 14.5 Å². The predicted molar refractivity (Wildman–Crippen MR) is 78.8 cm³/mol. The summed E-state index contributed by atoms with van der Waals surface area (Å²) in [5.74, 6) is -0.0505. The summed E-state index contributed by atoms with van der Waals surface area (Å²) in [5, 5.41) is 11.2. The highest BCUT2D eigenvalue weighted by Gasteiger charge is 2.23. The Hall–Kier alpha value is -2.20. The maximum Gasteiger partial charge on any atom is 0.262 e. The molecule has 3 rings (SSSR count). The number of fused-ring (bicyclic) bond motifs is 1. The average Bonchev–Trinajstić information content (AvgIpc) is 2.99. The van der Waals surface area contributed by atoms with E-state index in [4.69, 9.17) is 5.26 Å². The Morgan fingerprint density at radius 1 is 1.48 bits per heavy atom. The van der Waals surface area contributed by atoms with Crippen LogP contribution in [-0.4, -0.2) is 33.4 Å². The van der Waals surface area contributed by atoms with Crippen molar-refractivity contribution in [3.63, 3.8) is 0 Å². The van der Waals surface area contributed by atoms with Gasteiger partial charge in [0, 0.05) is 19.0 Å². The fourth-order valence-corrected chi connectivity index (χ4v) is 3.23.